The molecular formula is C17H36N2O2. The first-order valence-corrected chi connectivity index (χ1v) is 8.55. The molecule has 1 fully saturated rings. The lowest BCUT2D eigenvalue weighted by Gasteiger charge is -2.40. The number of aliphatic hydroxyl groups is 1. The highest BCUT2D eigenvalue weighted by atomic mass is 16.5. The summed E-state index contributed by atoms with van der Waals surface area (Å²) < 4.78 is 5.66. The van der Waals surface area contributed by atoms with Gasteiger partial charge in [-0.25, -0.2) is 0 Å². The number of ether oxygens (including phenoxy) is 1. The van der Waals surface area contributed by atoms with Crippen molar-refractivity contribution >= 4 is 0 Å². The van der Waals surface area contributed by atoms with Crippen LogP contribution in [0.5, 0.6) is 0 Å². The van der Waals surface area contributed by atoms with Crippen molar-refractivity contribution in [3.63, 3.8) is 0 Å². The largest absolute Gasteiger partial charge is 0.394 e. The SMILES string of the molecule is CCC(CO)(CCCN1CCCC(C)(OC)C1)NC(C)C. The number of hydrogen-bond acceptors (Lipinski definition) is 4. The Morgan fingerprint density at radius 2 is 2.14 bits per heavy atom. The van der Waals surface area contributed by atoms with E-state index in [-0.39, 0.29) is 17.7 Å². The molecule has 0 amide bonds. The van der Waals surface area contributed by atoms with Crippen LogP contribution in [0.4, 0.5) is 0 Å². The number of likely N-dealkylation sites (tertiary alicyclic amines) is 1. The van der Waals surface area contributed by atoms with Crippen LogP contribution in [0.1, 0.15) is 59.8 Å². The van der Waals surface area contributed by atoms with Crippen LogP contribution in [0.3, 0.4) is 0 Å². The van der Waals surface area contributed by atoms with Gasteiger partial charge in [0.05, 0.1) is 12.2 Å². The molecule has 0 aromatic heterocycles. The lowest BCUT2D eigenvalue weighted by molar-refractivity contribution is -0.0513. The maximum absolute atomic E-state index is 9.79. The molecule has 1 saturated heterocycles. The van der Waals surface area contributed by atoms with E-state index in [1.54, 1.807) is 0 Å². The van der Waals surface area contributed by atoms with Crippen molar-refractivity contribution in [2.75, 3.05) is 33.4 Å². The quantitative estimate of drug-likeness (QED) is 0.686. The van der Waals surface area contributed by atoms with Gasteiger partial charge in [0, 0.05) is 25.2 Å². The third kappa shape index (κ3) is 5.85. The van der Waals surface area contributed by atoms with E-state index in [1.165, 1.54) is 13.0 Å². The summed E-state index contributed by atoms with van der Waals surface area (Å²) in [5, 5.41) is 13.4. The number of methoxy groups -OCH3 is 1. The molecule has 4 heteroatoms. The van der Waals surface area contributed by atoms with Crippen LogP contribution in [0.2, 0.25) is 0 Å². The van der Waals surface area contributed by atoms with E-state index >= 15 is 0 Å². The fraction of sp³-hybridized carbons (Fsp3) is 1.00. The molecule has 0 radical (unpaired) electrons. The first-order chi connectivity index (χ1) is 9.88. The second-order valence-electron chi connectivity index (χ2n) is 7.23. The Hall–Kier alpha value is -0.160. The van der Waals surface area contributed by atoms with Crippen LogP contribution in [0.25, 0.3) is 0 Å². The lowest BCUT2D eigenvalue weighted by Crippen LogP contribution is -2.52. The number of piperidine rings is 1. The summed E-state index contributed by atoms with van der Waals surface area (Å²) in [6.45, 7) is 12.2. The van der Waals surface area contributed by atoms with Gasteiger partial charge in [0.15, 0.2) is 0 Å². The fourth-order valence-corrected chi connectivity index (χ4v) is 3.51. The zero-order valence-electron chi connectivity index (χ0n) is 14.7. The van der Waals surface area contributed by atoms with Crippen LogP contribution < -0.4 is 5.32 Å². The molecule has 21 heavy (non-hydrogen) atoms. The van der Waals surface area contributed by atoms with Crippen LogP contribution in [0, 0.1) is 0 Å². The van der Waals surface area contributed by atoms with Gasteiger partial charge in [0.2, 0.25) is 0 Å². The van der Waals surface area contributed by atoms with Gasteiger partial charge in [-0.05, 0) is 52.1 Å². The van der Waals surface area contributed by atoms with Gasteiger partial charge in [0.25, 0.3) is 0 Å². The summed E-state index contributed by atoms with van der Waals surface area (Å²) in [7, 11) is 1.82. The predicted molar refractivity (Wildman–Crippen MR) is 88.7 cm³/mol. The van der Waals surface area contributed by atoms with Gasteiger partial charge in [0.1, 0.15) is 0 Å². The van der Waals surface area contributed by atoms with Crippen LogP contribution >= 0.6 is 0 Å². The molecule has 2 unspecified atom stereocenters. The van der Waals surface area contributed by atoms with Gasteiger partial charge in [-0.2, -0.15) is 0 Å². The molecule has 126 valence electrons. The van der Waals surface area contributed by atoms with E-state index < -0.39 is 0 Å². The fourth-order valence-electron chi connectivity index (χ4n) is 3.51. The zero-order valence-corrected chi connectivity index (χ0v) is 14.7. The van der Waals surface area contributed by atoms with E-state index in [4.69, 9.17) is 4.74 Å². The molecular weight excluding hydrogens is 264 g/mol. The maximum Gasteiger partial charge on any atom is 0.0777 e. The molecule has 0 saturated carbocycles. The van der Waals surface area contributed by atoms with E-state index in [0.29, 0.717) is 6.04 Å². The average molecular weight is 300 g/mol. The zero-order chi connectivity index (χ0) is 15.9. The van der Waals surface area contributed by atoms with Gasteiger partial charge < -0.3 is 20.1 Å². The first kappa shape index (κ1) is 18.9. The minimum Gasteiger partial charge on any atom is -0.394 e. The summed E-state index contributed by atoms with van der Waals surface area (Å²) >= 11 is 0. The molecule has 2 atom stereocenters. The van der Waals surface area contributed by atoms with Gasteiger partial charge >= 0.3 is 0 Å². The number of aliphatic hydroxyl groups excluding tert-OH is 1. The van der Waals surface area contributed by atoms with Crippen molar-refractivity contribution in [1.82, 2.24) is 10.2 Å². The number of nitrogens with zero attached hydrogens (tertiary/aromatic N) is 1. The Kier molecular flexibility index (Phi) is 7.62. The summed E-state index contributed by atoms with van der Waals surface area (Å²) in [5.74, 6) is 0. The lowest BCUT2D eigenvalue weighted by atomic mass is 9.89. The Morgan fingerprint density at radius 3 is 2.67 bits per heavy atom. The minimum atomic E-state index is -0.117. The smallest absolute Gasteiger partial charge is 0.0777 e. The van der Waals surface area contributed by atoms with Crippen LogP contribution in [-0.4, -0.2) is 60.5 Å². The third-order valence-corrected chi connectivity index (χ3v) is 4.93. The number of rotatable bonds is 9. The van der Waals surface area contributed by atoms with Gasteiger partial charge in [-0.1, -0.05) is 20.8 Å². The van der Waals surface area contributed by atoms with Crippen molar-refractivity contribution < 1.29 is 9.84 Å². The molecule has 1 aliphatic heterocycles. The Morgan fingerprint density at radius 1 is 1.43 bits per heavy atom. The molecule has 0 aliphatic carbocycles. The van der Waals surface area contributed by atoms with E-state index in [0.717, 1.165) is 38.8 Å². The number of hydrogen-bond donors (Lipinski definition) is 2. The summed E-state index contributed by atoms with van der Waals surface area (Å²) in [6.07, 6.45) is 5.49. The molecule has 0 aromatic rings. The highest BCUT2D eigenvalue weighted by molar-refractivity contribution is 4.89. The second kappa shape index (κ2) is 8.47. The van der Waals surface area contributed by atoms with Crippen molar-refractivity contribution in [1.29, 1.82) is 0 Å². The third-order valence-electron chi connectivity index (χ3n) is 4.93. The molecule has 4 nitrogen and oxygen atoms in total. The van der Waals surface area contributed by atoms with Crippen molar-refractivity contribution in [2.24, 2.45) is 0 Å². The van der Waals surface area contributed by atoms with Crippen LogP contribution in [0.15, 0.2) is 0 Å². The second-order valence-corrected chi connectivity index (χ2v) is 7.23. The molecule has 2 N–H and O–H groups in total. The number of nitrogens with one attached hydrogen (secondary N) is 1. The molecule has 0 bridgehead atoms. The van der Waals surface area contributed by atoms with Crippen molar-refractivity contribution in [2.45, 2.75) is 77.0 Å². The Bertz CT molecular complexity index is 293. The highest BCUT2D eigenvalue weighted by Crippen LogP contribution is 2.25. The molecule has 1 rings (SSSR count). The first-order valence-electron chi connectivity index (χ1n) is 8.55. The predicted octanol–water partition coefficient (Wildman–Crippen LogP) is 2.41. The average Bonchev–Trinajstić information content (AvgIpc) is 2.46. The van der Waals surface area contributed by atoms with E-state index in [1.807, 2.05) is 7.11 Å². The minimum absolute atomic E-state index is 0.0211. The standard InChI is InChI=1S/C17H36N2O2/c1-6-17(14-20,18-15(2)3)10-8-12-19-11-7-9-16(4,13-19)21-5/h15,18,20H,6-14H2,1-5H3. The molecule has 0 spiro atoms. The van der Waals surface area contributed by atoms with Crippen molar-refractivity contribution in [3.8, 4) is 0 Å². The Balaban J connectivity index is 2.43. The van der Waals surface area contributed by atoms with Crippen molar-refractivity contribution in [3.05, 3.63) is 0 Å². The summed E-state index contributed by atoms with van der Waals surface area (Å²) in [5.41, 5.74) is -0.0955. The molecule has 0 aromatic carbocycles. The monoisotopic (exact) mass is 300 g/mol. The van der Waals surface area contributed by atoms with E-state index in [9.17, 15) is 5.11 Å². The maximum atomic E-state index is 9.79. The van der Waals surface area contributed by atoms with Gasteiger partial charge in [-0.15, -0.1) is 0 Å². The molecule has 1 aliphatic rings. The highest BCUT2D eigenvalue weighted by Gasteiger charge is 2.31. The summed E-state index contributed by atoms with van der Waals surface area (Å²) in [6, 6.07) is 0.406. The van der Waals surface area contributed by atoms with E-state index in [2.05, 4.69) is 37.9 Å². The Labute approximate surface area is 131 Å². The summed E-state index contributed by atoms with van der Waals surface area (Å²) in [4.78, 5) is 2.51. The normalized spacial score (nSPS) is 27.0. The van der Waals surface area contributed by atoms with Gasteiger partial charge in [-0.3, -0.25) is 0 Å². The topological polar surface area (TPSA) is 44.7 Å². The molecule has 1 heterocycles. The van der Waals surface area contributed by atoms with Crippen LogP contribution in [-0.2, 0) is 4.74 Å².